The van der Waals surface area contributed by atoms with E-state index >= 15 is 0 Å². The van der Waals surface area contributed by atoms with E-state index in [1.165, 1.54) is 16.7 Å². The lowest BCUT2D eigenvalue weighted by Gasteiger charge is -2.10. The molecule has 0 saturated carbocycles. The van der Waals surface area contributed by atoms with E-state index in [1.807, 2.05) is 12.1 Å². The highest BCUT2D eigenvalue weighted by Gasteiger charge is 2.04. The fraction of sp³-hybridized carbons (Fsp3) is 0.294. The molecule has 2 aromatic rings. The van der Waals surface area contributed by atoms with Gasteiger partial charge in [-0.1, -0.05) is 24.3 Å². The summed E-state index contributed by atoms with van der Waals surface area (Å²) in [6.07, 6.45) is 1.95. The van der Waals surface area contributed by atoms with E-state index < -0.39 is 0 Å². The number of aryl methyl sites for hydroxylation is 3. The molecule has 0 atom stereocenters. The first-order valence-electron chi connectivity index (χ1n) is 6.49. The van der Waals surface area contributed by atoms with Gasteiger partial charge in [0.1, 0.15) is 11.5 Å². The minimum Gasteiger partial charge on any atom is -0.497 e. The summed E-state index contributed by atoms with van der Waals surface area (Å²) < 4.78 is 10.7. The number of ether oxygens (including phenoxy) is 2. The van der Waals surface area contributed by atoms with Gasteiger partial charge >= 0.3 is 0 Å². The van der Waals surface area contributed by atoms with Crippen LogP contribution in [0.3, 0.4) is 0 Å². The number of rotatable bonds is 5. The van der Waals surface area contributed by atoms with E-state index in [4.69, 9.17) is 9.47 Å². The van der Waals surface area contributed by atoms with Crippen molar-refractivity contribution >= 4 is 0 Å². The number of benzene rings is 2. The third kappa shape index (κ3) is 3.50. The van der Waals surface area contributed by atoms with Crippen molar-refractivity contribution in [3.63, 3.8) is 0 Å². The van der Waals surface area contributed by atoms with Crippen molar-refractivity contribution in [2.45, 2.75) is 19.8 Å². The van der Waals surface area contributed by atoms with Gasteiger partial charge in [0.2, 0.25) is 0 Å². The molecule has 0 fully saturated rings. The van der Waals surface area contributed by atoms with Crippen molar-refractivity contribution in [3.8, 4) is 11.5 Å². The van der Waals surface area contributed by atoms with Crippen LogP contribution in [-0.2, 0) is 12.8 Å². The molecule has 2 rings (SSSR count). The maximum Gasteiger partial charge on any atom is 0.122 e. The third-order valence-corrected chi connectivity index (χ3v) is 3.26. The second kappa shape index (κ2) is 6.28. The Morgan fingerprint density at radius 2 is 1.74 bits per heavy atom. The van der Waals surface area contributed by atoms with Crippen LogP contribution < -0.4 is 9.47 Å². The van der Waals surface area contributed by atoms with E-state index in [0.29, 0.717) is 0 Å². The van der Waals surface area contributed by atoms with E-state index in [1.54, 1.807) is 14.2 Å². The van der Waals surface area contributed by atoms with Crippen LogP contribution >= 0.6 is 0 Å². The van der Waals surface area contributed by atoms with Crippen LogP contribution in [0.1, 0.15) is 16.7 Å². The van der Waals surface area contributed by atoms with Gasteiger partial charge in [-0.25, -0.2) is 0 Å². The number of hydrogen-bond donors (Lipinski definition) is 0. The maximum absolute atomic E-state index is 5.43. The minimum absolute atomic E-state index is 0.911. The molecular weight excluding hydrogens is 236 g/mol. The second-order valence-corrected chi connectivity index (χ2v) is 4.67. The summed E-state index contributed by atoms with van der Waals surface area (Å²) in [6.45, 7) is 2.08. The average Bonchev–Trinajstić information content (AvgIpc) is 2.46. The molecule has 2 nitrogen and oxygen atoms in total. The normalized spacial score (nSPS) is 10.3. The molecule has 0 radical (unpaired) electrons. The topological polar surface area (TPSA) is 18.5 Å². The highest BCUT2D eigenvalue weighted by atomic mass is 16.5. The molecule has 0 bridgehead atoms. The molecule has 2 aromatic carbocycles. The highest BCUT2D eigenvalue weighted by Crippen LogP contribution is 2.22. The maximum atomic E-state index is 5.43. The molecule has 0 saturated heterocycles. The van der Waals surface area contributed by atoms with Gasteiger partial charge in [0, 0.05) is 0 Å². The molecule has 100 valence electrons. The SMILES string of the molecule is COc1cccc(CCc2ccc(C)cc2OC)c1. The Bertz CT molecular complexity index is 547. The Labute approximate surface area is 115 Å². The molecule has 0 aliphatic carbocycles. The molecule has 0 aromatic heterocycles. The molecule has 0 spiro atoms. The summed E-state index contributed by atoms with van der Waals surface area (Å²) in [5, 5.41) is 0. The van der Waals surface area contributed by atoms with Crippen molar-refractivity contribution < 1.29 is 9.47 Å². The van der Waals surface area contributed by atoms with Crippen molar-refractivity contribution in [1.82, 2.24) is 0 Å². The lowest BCUT2D eigenvalue weighted by Crippen LogP contribution is -1.96. The first-order valence-corrected chi connectivity index (χ1v) is 6.49. The summed E-state index contributed by atoms with van der Waals surface area (Å²) in [5.41, 5.74) is 3.75. The van der Waals surface area contributed by atoms with E-state index in [0.717, 1.165) is 24.3 Å². The Morgan fingerprint density at radius 3 is 2.47 bits per heavy atom. The zero-order valence-corrected chi connectivity index (χ0v) is 11.8. The van der Waals surface area contributed by atoms with E-state index in [9.17, 15) is 0 Å². The molecule has 0 aliphatic rings. The quantitative estimate of drug-likeness (QED) is 0.810. The molecule has 0 heterocycles. The van der Waals surface area contributed by atoms with Crippen molar-refractivity contribution in [3.05, 3.63) is 59.2 Å². The standard InChI is InChI=1S/C17H20O2/c1-13-7-9-15(17(11-13)19-3)10-8-14-5-4-6-16(12-14)18-2/h4-7,9,11-12H,8,10H2,1-3H3. The number of methoxy groups -OCH3 is 2. The van der Waals surface area contributed by atoms with Gasteiger partial charge in [-0.15, -0.1) is 0 Å². The Kier molecular flexibility index (Phi) is 4.45. The fourth-order valence-electron chi connectivity index (χ4n) is 2.17. The Balaban J connectivity index is 2.09. The fourth-order valence-corrected chi connectivity index (χ4v) is 2.17. The summed E-state index contributed by atoms with van der Waals surface area (Å²) >= 11 is 0. The van der Waals surface area contributed by atoms with E-state index in [2.05, 4.69) is 37.3 Å². The predicted molar refractivity (Wildman–Crippen MR) is 78.1 cm³/mol. The average molecular weight is 256 g/mol. The van der Waals surface area contributed by atoms with Crippen LogP contribution in [-0.4, -0.2) is 14.2 Å². The first-order chi connectivity index (χ1) is 9.22. The lowest BCUT2D eigenvalue weighted by atomic mass is 10.0. The minimum atomic E-state index is 0.911. The van der Waals surface area contributed by atoms with Crippen LogP contribution in [0.5, 0.6) is 11.5 Å². The highest BCUT2D eigenvalue weighted by molar-refractivity contribution is 5.38. The van der Waals surface area contributed by atoms with Gasteiger partial charge in [-0.3, -0.25) is 0 Å². The van der Waals surface area contributed by atoms with Gasteiger partial charge in [0.15, 0.2) is 0 Å². The number of hydrogen-bond acceptors (Lipinski definition) is 2. The van der Waals surface area contributed by atoms with Crippen LogP contribution in [0.2, 0.25) is 0 Å². The predicted octanol–water partition coefficient (Wildman–Crippen LogP) is 3.80. The van der Waals surface area contributed by atoms with Gasteiger partial charge in [-0.05, 0) is 54.7 Å². The van der Waals surface area contributed by atoms with Crippen molar-refractivity contribution in [1.29, 1.82) is 0 Å². The van der Waals surface area contributed by atoms with Crippen molar-refractivity contribution in [2.24, 2.45) is 0 Å². The van der Waals surface area contributed by atoms with Gasteiger partial charge in [0.05, 0.1) is 14.2 Å². The summed E-state index contributed by atoms with van der Waals surface area (Å²) in [4.78, 5) is 0. The van der Waals surface area contributed by atoms with Crippen LogP contribution in [0, 0.1) is 6.92 Å². The van der Waals surface area contributed by atoms with Crippen LogP contribution in [0.25, 0.3) is 0 Å². The second-order valence-electron chi connectivity index (χ2n) is 4.67. The largest absolute Gasteiger partial charge is 0.497 e. The zero-order valence-electron chi connectivity index (χ0n) is 11.8. The molecule has 2 heteroatoms. The van der Waals surface area contributed by atoms with Crippen LogP contribution in [0.4, 0.5) is 0 Å². The van der Waals surface area contributed by atoms with Crippen molar-refractivity contribution in [2.75, 3.05) is 14.2 Å². The molecule has 0 N–H and O–H groups in total. The Hall–Kier alpha value is -1.96. The van der Waals surface area contributed by atoms with E-state index in [-0.39, 0.29) is 0 Å². The summed E-state index contributed by atoms with van der Waals surface area (Å²) in [5.74, 6) is 1.89. The third-order valence-electron chi connectivity index (χ3n) is 3.26. The molecule has 0 aliphatic heterocycles. The molecule has 0 amide bonds. The summed E-state index contributed by atoms with van der Waals surface area (Å²) in [6, 6.07) is 14.6. The summed E-state index contributed by atoms with van der Waals surface area (Å²) in [7, 11) is 3.42. The van der Waals surface area contributed by atoms with Gasteiger partial charge < -0.3 is 9.47 Å². The smallest absolute Gasteiger partial charge is 0.122 e. The van der Waals surface area contributed by atoms with Crippen LogP contribution in [0.15, 0.2) is 42.5 Å². The zero-order chi connectivity index (χ0) is 13.7. The Morgan fingerprint density at radius 1 is 0.895 bits per heavy atom. The lowest BCUT2D eigenvalue weighted by molar-refractivity contribution is 0.409. The molecular formula is C17H20O2. The molecule has 19 heavy (non-hydrogen) atoms. The first kappa shape index (κ1) is 13.5. The monoisotopic (exact) mass is 256 g/mol. The molecule has 0 unspecified atom stereocenters. The van der Waals surface area contributed by atoms with Gasteiger partial charge in [0.25, 0.3) is 0 Å². The van der Waals surface area contributed by atoms with Gasteiger partial charge in [-0.2, -0.15) is 0 Å².